The summed E-state index contributed by atoms with van der Waals surface area (Å²) in [5.74, 6) is -1.44. The molecule has 2 unspecified atom stereocenters. The van der Waals surface area contributed by atoms with Gasteiger partial charge in [0.2, 0.25) is 5.58 Å². The molecule has 1 aliphatic rings. The number of hydrogen-bond acceptors (Lipinski definition) is 7. The molecule has 7 nitrogen and oxygen atoms in total. The first-order chi connectivity index (χ1) is 12.0. The fourth-order valence-corrected chi connectivity index (χ4v) is 3.17. The molecule has 2 atom stereocenters. The van der Waals surface area contributed by atoms with E-state index in [4.69, 9.17) is 14.0 Å². The van der Waals surface area contributed by atoms with Gasteiger partial charge in [-0.3, -0.25) is 4.79 Å². The van der Waals surface area contributed by atoms with Gasteiger partial charge in [0.15, 0.2) is 17.8 Å². The Hall–Kier alpha value is -2.48. The van der Waals surface area contributed by atoms with Crippen molar-refractivity contribution in [2.75, 3.05) is 24.6 Å². The zero-order valence-electron chi connectivity index (χ0n) is 14.2. The Morgan fingerprint density at radius 1 is 1.44 bits per heavy atom. The van der Waals surface area contributed by atoms with Crippen LogP contribution >= 0.6 is 0 Å². The molecule has 8 heteroatoms. The second kappa shape index (κ2) is 6.79. The van der Waals surface area contributed by atoms with E-state index < -0.39 is 11.8 Å². The molecule has 0 bridgehead atoms. The van der Waals surface area contributed by atoms with Gasteiger partial charge in [-0.05, 0) is 26.8 Å². The molecule has 0 N–H and O–H groups in total. The van der Waals surface area contributed by atoms with Gasteiger partial charge >= 0.3 is 5.97 Å². The molecule has 2 heterocycles. The number of fused-ring (bicyclic) bond motifs is 1. The maximum Gasteiger partial charge on any atom is 0.361 e. The average Bonchev–Trinajstić information content (AvgIpc) is 2.98. The van der Waals surface area contributed by atoms with Crippen LogP contribution in [0, 0.1) is 5.82 Å². The molecule has 1 fully saturated rings. The van der Waals surface area contributed by atoms with Crippen molar-refractivity contribution in [2.24, 2.45) is 0 Å². The summed E-state index contributed by atoms with van der Waals surface area (Å²) < 4.78 is 30.7. The summed E-state index contributed by atoms with van der Waals surface area (Å²) in [6, 6.07) is 1.41. The van der Waals surface area contributed by atoms with E-state index in [0.29, 0.717) is 19.4 Å². The van der Waals surface area contributed by atoms with Gasteiger partial charge in [-0.1, -0.05) is 5.16 Å². The molecule has 1 aromatic carbocycles. The fourth-order valence-electron chi connectivity index (χ4n) is 3.17. The lowest BCUT2D eigenvalue weighted by atomic mass is 10.1. The Bertz CT molecular complexity index is 809. The summed E-state index contributed by atoms with van der Waals surface area (Å²) >= 11 is 0. The monoisotopic (exact) mass is 350 g/mol. The Balaban J connectivity index is 2.12. The predicted molar refractivity (Wildman–Crippen MR) is 87.5 cm³/mol. The first-order valence-electron chi connectivity index (χ1n) is 8.10. The number of carbonyl (C=O) groups excluding carboxylic acids is 2. The van der Waals surface area contributed by atoms with E-state index in [1.54, 1.807) is 11.8 Å². The molecule has 2 aromatic rings. The number of rotatable bonds is 4. The van der Waals surface area contributed by atoms with Crippen molar-refractivity contribution in [1.29, 1.82) is 0 Å². The first-order valence-corrected chi connectivity index (χ1v) is 8.10. The second-order valence-electron chi connectivity index (χ2n) is 6.04. The van der Waals surface area contributed by atoms with Crippen LogP contribution < -0.4 is 4.90 Å². The van der Waals surface area contributed by atoms with Crippen LogP contribution in [0.4, 0.5) is 10.1 Å². The highest BCUT2D eigenvalue weighted by Crippen LogP contribution is 2.34. The van der Waals surface area contributed by atoms with Crippen LogP contribution in [0.5, 0.6) is 0 Å². The molecule has 1 aliphatic heterocycles. The summed E-state index contributed by atoms with van der Waals surface area (Å²) in [7, 11) is 0. The lowest BCUT2D eigenvalue weighted by molar-refractivity contribution is -0.00543. The smallest absolute Gasteiger partial charge is 0.361 e. The van der Waals surface area contributed by atoms with E-state index in [0.717, 1.165) is 0 Å². The lowest BCUT2D eigenvalue weighted by Gasteiger charge is -2.37. The predicted octanol–water partition coefficient (Wildman–Crippen LogP) is 2.57. The van der Waals surface area contributed by atoms with Gasteiger partial charge in [0.05, 0.1) is 29.9 Å². The summed E-state index contributed by atoms with van der Waals surface area (Å²) in [5, 5.41) is 3.74. The highest BCUT2D eigenvalue weighted by molar-refractivity contribution is 6.04. The Morgan fingerprint density at radius 3 is 2.72 bits per heavy atom. The summed E-state index contributed by atoms with van der Waals surface area (Å²) in [5.41, 5.74) is -0.0549. The topological polar surface area (TPSA) is 81.9 Å². The van der Waals surface area contributed by atoms with Gasteiger partial charge in [-0.25, -0.2) is 9.18 Å². The number of benzene rings is 1. The van der Waals surface area contributed by atoms with Gasteiger partial charge in [0.1, 0.15) is 0 Å². The van der Waals surface area contributed by atoms with Gasteiger partial charge in [0, 0.05) is 18.7 Å². The van der Waals surface area contributed by atoms with E-state index in [1.807, 2.05) is 13.8 Å². The van der Waals surface area contributed by atoms with Gasteiger partial charge in [-0.2, -0.15) is 0 Å². The van der Waals surface area contributed by atoms with Crippen molar-refractivity contribution < 1.29 is 28.0 Å². The first kappa shape index (κ1) is 17.3. The Kier molecular flexibility index (Phi) is 4.71. The van der Waals surface area contributed by atoms with Crippen molar-refractivity contribution in [1.82, 2.24) is 5.16 Å². The largest absolute Gasteiger partial charge is 0.461 e. The molecule has 0 amide bonds. The number of carbonyl (C=O) groups is 2. The van der Waals surface area contributed by atoms with Crippen LogP contribution in [0.15, 0.2) is 10.6 Å². The van der Waals surface area contributed by atoms with Crippen LogP contribution in [-0.4, -0.2) is 49.3 Å². The number of anilines is 1. The van der Waals surface area contributed by atoms with E-state index in [-0.39, 0.29) is 46.7 Å². The third-order valence-corrected chi connectivity index (χ3v) is 4.04. The standard InChI is InChI=1S/C17H19FN2O5/c1-4-23-17(22)14-12-5-11(8-21)15(13(18)16(12)25-19-14)20-6-9(2)24-10(3)7-20/h5,8-10H,4,6-7H2,1-3H3. The van der Waals surface area contributed by atoms with Crippen LogP contribution in [0.3, 0.4) is 0 Å². The van der Waals surface area contributed by atoms with Crippen LogP contribution in [0.2, 0.25) is 0 Å². The highest BCUT2D eigenvalue weighted by atomic mass is 19.1. The molecular formula is C17H19FN2O5. The van der Waals surface area contributed by atoms with Crippen molar-refractivity contribution >= 4 is 28.9 Å². The quantitative estimate of drug-likeness (QED) is 0.619. The van der Waals surface area contributed by atoms with E-state index >= 15 is 4.39 Å². The molecule has 1 aromatic heterocycles. The zero-order chi connectivity index (χ0) is 18.1. The van der Waals surface area contributed by atoms with Crippen LogP contribution in [0.25, 0.3) is 11.0 Å². The minimum absolute atomic E-state index is 0.108. The van der Waals surface area contributed by atoms with Crippen molar-refractivity contribution in [2.45, 2.75) is 33.0 Å². The molecule has 3 rings (SSSR count). The Morgan fingerprint density at radius 2 is 2.12 bits per heavy atom. The SMILES string of the molecule is CCOC(=O)c1noc2c(F)c(N3CC(C)OC(C)C3)c(C=O)cc12. The zero-order valence-corrected chi connectivity index (χ0v) is 14.2. The molecule has 0 saturated carbocycles. The summed E-state index contributed by atoms with van der Waals surface area (Å²) in [4.78, 5) is 25.2. The van der Waals surface area contributed by atoms with Gasteiger partial charge < -0.3 is 18.9 Å². The number of nitrogens with zero attached hydrogens (tertiary/aromatic N) is 2. The molecule has 0 radical (unpaired) electrons. The normalized spacial score (nSPS) is 20.7. The summed E-state index contributed by atoms with van der Waals surface area (Å²) in [6.07, 6.45) is 0.344. The Labute approximate surface area is 143 Å². The number of hydrogen-bond donors (Lipinski definition) is 0. The minimum Gasteiger partial charge on any atom is -0.461 e. The molecule has 1 saturated heterocycles. The van der Waals surface area contributed by atoms with Crippen molar-refractivity contribution in [3.63, 3.8) is 0 Å². The van der Waals surface area contributed by atoms with E-state index in [1.165, 1.54) is 6.07 Å². The average molecular weight is 350 g/mol. The maximum absolute atomic E-state index is 15.1. The van der Waals surface area contributed by atoms with Crippen molar-refractivity contribution in [3.05, 3.63) is 23.1 Å². The number of morpholine rings is 1. The number of esters is 1. The molecule has 0 aliphatic carbocycles. The number of ether oxygens (including phenoxy) is 2. The number of aldehydes is 1. The van der Waals surface area contributed by atoms with Crippen LogP contribution in [-0.2, 0) is 9.47 Å². The number of halogens is 1. The second-order valence-corrected chi connectivity index (χ2v) is 6.04. The van der Waals surface area contributed by atoms with E-state index in [2.05, 4.69) is 5.16 Å². The van der Waals surface area contributed by atoms with Gasteiger partial charge in [0.25, 0.3) is 0 Å². The molecular weight excluding hydrogens is 331 g/mol. The van der Waals surface area contributed by atoms with Crippen molar-refractivity contribution in [3.8, 4) is 0 Å². The van der Waals surface area contributed by atoms with E-state index in [9.17, 15) is 9.59 Å². The number of aromatic nitrogens is 1. The molecule has 25 heavy (non-hydrogen) atoms. The van der Waals surface area contributed by atoms with Gasteiger partial charge in [-0.15, -0.1) is 0 Å². The maximum atomic E-state index is 15.1. The van der Waals surface area contributed by atoms with Crippen LogP contribution in [0.1, 0.15) is 41.6 Å². The fraction of sp³-hybridized carbons (Fsp3) is 0.471. The third-order valence-electron chi connectivity index (χ3n) is 4.04. The molecule has 0 spiro atoms. The minimum atomic E-state index is -0.723. The third kappa shape index (κ3) is 3.09. The lowest BCUT2D eigenvalue weighted by Crippen LogP contribution is -2.46. The summed E-state index contributed by atoms with van der Waals surface area (Å²) in [6.45, 7) is 6.44. The molecule has 134 valence electrons. The highest BCUT2D eigenvalue weighted by Gasteiger charge is 2.30.